The minimum atomic E-state index is 0.0200. The van der Waals surface area contributed by atoms with E-state index in [1.807, 2.05) is 0 Å². The molecule has 0 bridgehead atoms. The lowest BCUT2D eigenvalue weighted by Gasteiger charge is -2.50. The van der Waals surface area contributed by atoms with Gasteiger partial charge in [0.1, 0.15) is 6.10 Å². The quantitative estimate of drug-likeness (QED) is 0.558. The van der Waals surface area contributed by atoms with Crippen molar-refractivity contribution in [2.24, 2.45) is 23.2 Å². The molecule has 5 atom stereocenters. The standard InChI is InChI=1S/C27H38N2O2/c1-19-7-6-12-27(2)16-25-22(15-24(19)27)23(26(30)31-25)17-28-21-10-13-29(14-11-21)18-20-8-4-3-5-9-20/h3-5,8-9,21-25,28H,1,6-7,10-18H2,2H3/t22-,23+,24-,25-,27-/m1/s1. The summed E-state index contributed by atoms with van der Waals surface area (Å²) in [5.74, 6) is 0.996. The molecule has 0 spiro atoms. The summed E-state index contributed by atoms with van der Waals surface area (Å²) in [6, 6.07) is 11.3. The van der Waals surface area contributed by atoms with E-state index >= 15 is 0 Å². The van der Waals surface area contributed by atoms with E-state index in [2.05, 4.69) is 54.1 Å². The van der Waals surface area contributed by atoms with Gasteiger partial charge in [0.15, 0.2) is 0 Å². The zero-order chi connectivity index (χ0) is 21.4. The number of esters is 1. The first-order valence-electron chi connectivity index (χ1n) is 12.4. The second-order valence-electron chi connectivity index (χ2n) is 10.8. The molecule has 4 fully saturated rings. The number of nitrogens with zero attached hydrogens (tertiary/aromatic N) is 1. The third-order valence-corrected chi connectivity index (χ3v) is 8.78. The van der Waals surface area contributed by atoms with Crippen LogP contribution in [-0.4, -0.2) is 42.6 Å². The van der Waals surface area contributed by atoms with Gasteiger partial charge < -0.3 is 10.1 Å². The number of rotatable bonds is 5. The van der Waals surface area contributed by atoms with E-state index < -0.39 is 0 Å². The largest absolute Gasteiger partial charge is 0.462 e. The molecule has 2 aliphatic carbocycles. The van der Waals surface area contributed by atoms with Gasteiger partial charge in [0, 0.05) is 25.0 Å². The van der Waals surface area contributed by atoms with Crippen LogP contribution in [0.4, 0.5) is 0 Å². The van der Waals surface area contributed by atoms with Crippen molar-refractivity contribution in [3.63, 3.8) is 0 Å². The first-order valence-corrected chi connectivity index (χ1v) is 12.4. The highest BCUT2D eigenvalue weighted by Gasteiger charge is 2.55. The second-order valence-corrected chi connectivity index (χ2v) is 10.8. The summed E-state index contributed by atoms with van der Waals surface area (Å²) in [5.41, 5.74) is 3.09. The normalized spacial score (nSPS) is 36.7. The van der Waals surface area contributed by atoms with Gasteiger partial charge >= 0.3 is 5.97 Å². The Hall–Kier alpha value is -1.65. The van der Waals surface area contributed by atoms with E-state index in [0.717, 1.165) is 58.3 Å². The molecular weight excluding hydrogens is 384 g/mol. The van der Waals surface area contributed by atoms with Gasteiger partial charge in [0.25, 0.3) is 0 Å². The second kappa shape index (κ2) is 8.71. The Labute approximate surface area is 187 Å². The molecule has 2 aliphatic heterocycles. The monoisotopic (exact) mass is 422 g/mol. The van der Waals surface area contributed by atoms with Crippen molar-refractivity contribution in [2.75, 3.05) is 19.6 Å². The fraction of sp³-hybridized carbons (Fsp3) is 0.667. The number of ether oxygens (including phenoxy) is 1. The summed E-state index contributed by atoms with van der Waals surface area (Å²) in [4.78, 5) is 15.3. The molecular formula is C27H38N2O2. The van der Waals surface area contributed by atoms with Crippen LogP contribution in [0.2, 0.25) is 0 Å². The number of fused-ring (bicyclic) bond motifs is 2. The highest BCUT2D eigenvalue weighted by atomic mass is 16.6. The molecule has 168 valence electrons. The van der Waals surface area contributed by atoms with Crippen LogP contribution in [-0.2, 0) is 16.1 Å². The maximum Gasteiger partial charge on any atom is 0.310 e. The number of hydrogen-bond acceptors (Lipinski definition) is 4. The van der Waals surface area contributed by atoms with Crippen LogP contribution in [0.5, 0.6) is 0 Å². The van der Waals surface area contributed by atoms with Gasteiger partial charge in [-0.3, -0.25) is 9.69 Å². The smallest absolute Gasteiger partial charge is 0.310 e. The molecule has 0 aromatic heterocycles. The van der Waals surface area contributed by atoms with E-state index in [-0.39, 0.29) is 23.4 Å². The Morgan fingerprint density at radius 1 is 1.23 bits per heavy atom. The molecule has 4 nitrogen and oxygen atoms in total. The van der Waals surface area contributed by atoms with E-state index in [1.165, 1.54) is 24.0 Å². The number of allylic oxidation sites excluding steroid dienone is 1. The molecule has 2 saturated heterocycles. The van der Waals surface area contributed by atoms with Gasteiger partial charge in [-0.2, -0.15) is 0 Å². The van der Waals surface area contributed by atoms with Crippen molar-refractivity contribution < 1.29 is 9.53 Å². The summed E-state index contributed by atoms with van der Waals surface area (Å²) in [7, 11) is 0. The third-order valence-electron chi connectivity index (χ3n) is 8.78. The van der Waals surface area contributed by atoms with Crippen molar-refractivity contribution in [1.82, 2.24) is 10.2 Å². The molecule has 0 radical (unpaired) electrons. The number of piperidine rings is 1. The highest BCUT2D eigenvalue weighted by Crippen LogP contribution is 2.56. The van der Waals surface area contributed by atoms with Crippen molar-refractivity contribution in [3.05, 3.63) is 48.0 Å². The zero-order valence-corrected chi connectivity index (χ0v) is 19.0. The average molecular weight is 423 g/mol. The SMILES string of the molecule is C=C1CCC[C@]2(C)C[C@H]3OC(=O)[C@@H](CNC4CCN(Cc5ccccc5)CC4)[C@H]3C[C@H]12. The van der Waals surface area contributed by atoms with Crippen LogP contribution in [0.3, 0.4) is 0 Å². The number of hydrogen-bond donors (Lipinski definition) is 1. The van der Waals surface area contributed by atoms with Gasteiger partial charge in [-0.1, -0.05) is 49.4 Å². The minimum absolute atomic E-state index is 0.0200. The molecule has 4 aliphatic rings. The fourth-order valence-electron chi connectivity index (χ4n) is 6.92. The fourth-order valence-corrected chi connectivity index (χ4v) is 6.92. The molecule has 4 heteroatoms. The maximum absolute atomic E-state index is 12.8. The first-order chi connectivity index (χ1) is 15.0. The Morgan fingerprint density at radius 3 is 2.77 bits per heavy atom. The Morgan fingerprint density at radius 2 is 2.00 bits per heavy atom. The average Bonchev–Trinajstić information content (AvgIpc) is 3.06. The van der Waals surface area contributed by atoms with E-state index in [0.29, 0.717) is 17.9 Å². The van der Waals surface area contributed by atoms with Gasteiger partial charge in [0.05, 0.1) is 5.92 Å². The Balaban J connectivity index is 1.13. The number of likely N-dealkylation sites (tertiary alicyclic amines) is 1. The van der Waals surface area contributed by atoms with Crippen molar-refractivity contribution in [1.29, 1.82) is 0 Å². The molecule has 2 heterocycles. The van der Waals surface area contributed by atoms with Gasteiger partial charge in [-0.25, -0.2) is 0 Å². The predicted molar refractivity (Wildman–Crippen MR) is 123 cm³/mol. The van der Waals surface area contributed by atoms with E-state index in [4.69, 9.17) is 4.74 Å². The van der Waals surface area contributed by atoms with Crippen LogP contribution in [0.1, 0.15) is 57.4 Å². The highest BCUT2D eigenvalue weighted by molar-refractivity contribution is 5.75. The lowest BCUT2D eigenvalue weighted by atomic mass is 9.55. The molecule has 1 aromatic carbocycles. The number of carbonyl (C=O) groups is 1. The lowest BCUT2D eigenvalue weighted by Crippen LogP contribution is -2.47. The van der Waals surface area contributed by atoms with Crippen LogP contribution in [0, 0.1) is 23.2 Å². The summed E-state index contributed by atoms with van der Waals surface area (Å²) < 4.78 is 5.93. The van der Waals surface area contributed by atoms with Crippen molar-refractivity contribution >= 4 is 5.97 Å². The molecule has 1 N–H and O–H groups in total. The van der Waals surface area contributed by atoms with Crippen LogP contribution < -0.4 is 5.32 Å². The summed E-state index contributed by atoms with van der Waals surface area (Å²) in [6.07, 6.45) is 8.21. The van der Waals surface area contributed by atoms with Gasteiger partial charge in [0.2, 0.25) is 0 Å². The first kappa shape index (κ1) is 21.2. The van der Waals surface area contributed by atoms with Gasteiger partial charge in [-0.05, 0) is 74.9 Å². The predicted octanol–water partition coefficient (Wildman–Crippen LogP) is 4.55. The van der Waals surface area contributed by atoms with Gasteiger partial charge in [-0.15, -0.1) is 0 Å². The molecule has 1 aromatic rings. The minimum Gasteiger partial charge on any atom is -0.462 e. The molecule has 0 amide bonds. The molecule has 2 saturated carbocycles. The topological polar surface area (TPSA) is 41.6 Å². The summed E-state index contributed by atoms with van der Waals surface area (Å²) in [6.45, 7) is 10.9. The summed E-state index contributed by atoms with van der Waals surface area (Å²) >= 11 is 0. The van der Waals surface area contributed by atoms with Crippen LogP contribution >= 0.6 is 0 Å². The maximum atomic E-state index is 12.8. The number of carbonyl (C=O) groups excluding carboxylic acids is 1. The van der Waals surface area contributed by atoms with Crippen molar-refractivity contribution in [3.8, 4) is 0 Å². The number of benzene rings is 1. The van der Waals surface area contributed by atoms with Crippen molar-refractivity contribution in [2.45, 2.75) is 70.6 Å². The Kier molecular flexibility index (Phi) is 5.96. The molecule has 5 rings (SSSR count). The Bertz CT molecular complexity index is 801. The molecule has 31 heavy (non-hydrogen) atoms. The molecule has 0 unspecified atom stereocenters. The van der Waals surface area contributed by atoms with E-state index in [1.54, 1.807) is 0 Å². The van der Waals surface area contributed by atoms with Crippen LogP contribution in [0.25, 0.3) is 0 Å². The lowest BCUT2D eigenvalue weighted by molar-refractivity contribution is -0.146. The third kappa shape index (κ3) is 4.34. The van der Waals surface area contributed by atoms with E-state index in [9.17, 15) is 4.79 Å². The van der Waals surface area contributed by atoms with Crippen LogP contribution in [0.15, 0.2) is 42.5 Å². The zero-order valence-electron chi connectivity index (χ0n) is 19.0. The summed E-state index contributed by atoms with van der Waals surface area (Å²) in [5, 5.41) is 3.75. The number of nitrogens with one attached hydrogen (secondary N) is 1.